The first-order valence-electron chi connectivity index (χ1n) is 4.27. The van der Waals surface area contributed by atoms with E-state index >= 15 is 0 Å². The number of thiocarbonyl (C=S) groups is 1. The van der Waals surface area contributed by atoms with E-state index in [4.69, 9.17) is 12.2 Å². The van der Waals surface area contributed by atoms with Gasteiger partial charge in [0.05, 0.1) is 11.6 Å². The van der Waals surface area contributed by atoms with Crippen LogP contribution in [-0.2, 0) is 4.79 Å². The molecule has 1 aromatic rings. The maximum Gasteiger partial charge on any atom is 0.216 e. The second-order valence-electron chi connectivity index (χ2n) is 2.86. The van der Waals surface area contributed by atoms with E-state index in [2.05, 4.69) is 15.7 Å². The van der Waals surface area contributed by atoms with Gasteiger partial charge in [-0.2, -0.15) is 0 Å². The molecular formula is C10H11N2OS. The number of amides is 1. The van der Waals surface area contributed by atoms with E-state index in [1.807, 2.05) is 18.2 Å². The first kappa shape index (κ1) is 10.8. The van der Waals surface area contributed by atoms with Gasteiger partial charge in [-0.3, -0.25) is 9.78 Å². The van der Waals surface area contributed by atoms with Crippen LogP contribution in [0.1, 0.15) is 18.5 Å². The van der Waals surface area contributed by atoms with Crippen molar-refractivity contribution in [2.45, 2.75) is 12.8 Å². The predicted molar refractivity (Wildman–Crippen MR) is 58.3 cm³/mol. The van der Waals surface area contributed by atoms with Gasteiger partial charge in [0.15, 0.2) is 0 Å². The lowest BCUT2D eigenvalue weighted by Crippen LogP contribution is -2.26. The van der Waals surface area contributed by atoms with Crippen molar-refractivity contribution in [3.05, 3.63) is 30.1 Å². The van der Waals surface area contributed by atoms with E-state index in [9.17, 15) is 4.79 Å². The van der Waals surface area contributed by atoms with Crippen LogP contribution in [0.2, 0.25) is 0 Å². The Labute approximate surface area is 88.5 Å². The molecule has 0 aromatic carbocycles. The van der Waals surface area contributed by atoms with Crippen LogP contribution in [0.5, 0.6) is 0 Å². The van der Waals surface area contributed by atoms with Gasteiger partial charge >= 0.3 is 0 Å². The Bertz CT molecular complexity index is 313. The third kappa shape index (κ3) is 3.22. The minimum atomic E-state index is -0.116. The lowest BCUT2D eigenvalue weighted by molar-refractivity contribution is -0.118. The molecule has 0 aliphatic carbocycles. The van der Waals surface area contributed by atoms with Gasteiger partial charge < -0.3 is 5.32 Å². The van der Waals surface area contributed by atoms with Crippen LogP contribution in [0.15, 0.2) is 24.4 Å². The van der Waals surface area contributed by atoms with Crippen molar-refractivity contribution in [2.24, 2.45) is 0 Å². The van der Waals surface area contributed by atoms with Gasteiger partial charge in [-0.15, -0.1) is 0 Å². The summed E-state index contributed by atoms with van der Waals surface area (Å²) in [5.74, 6) is -0.189. The van der Waals surface area contributed by atoms with Crippen LogP contribution in [0.4, 0.5) is 0 Å². The molecule has 0 bridgehead atoms. The molecule has 14 heavy (non-hydrogen) atoms. The van der Waals surface area contributed by atoms with Crippen LogP contribution in [0.25, 0.3) is 0 Å². The molecule has 0 saturated heterocycles. The largest absolute Gasteiger partial charge is 0.355 e. The van der Waals surface area contributed by atoms with Gasteiger partial charge in [0.2, 0.25) is 5.91 Å². The smallest absolute Gasteiger partial charge is 0.216 e. The van der Waals surface area contributed by atoms with E-state index in [1.165, 1.54) is 6.92 Å². The molecule has 1 unspecified atom stereocenters. The molecule has 1 rings (SSSR count). The monoisotopic (exact) mass is 207 g/mol. The van der Waals surface area contributed by atoms with Crippen LogP contribution >= 0.6 is 12.2 Å². The number of nitrogens with zero attached hydrogens (tertiary/aromatic N) is 1. The summed E-state index contributed by atoms with van der Waals surface area (Å²) in [5, 5.41) is 5.37. The molecule has 1 N–H and O–H groups in total. The highest BCUT2D eigenvalue weighted by atomic mass is 32.1. The molecule has 73 valence electrons. The van der Waals surface area contributed by atoms with E-state index in [-0.39, 0.29) is 11.8 Å². The Hall–Kier alpha value is -1.29. The Morgan fingerprint density at radius 1 is 1.71 bits per heavy atom. The van der Waals surface area contributed by atoms with Crippen LogP contribution in [0, 0.1) is 0 Å². The maximum absolute atomic E-state index is 10.7. The first-order chi connectivity index (χ1) is 6.74. The van der Waals surface area contributed by atoms with Crippen molar-refractivity contribution in [1.29, 1.82) is 0 Å². The van der Waals surface area contributed by atoms with Gasteiger partial charge in [0.25, 0.3) is 0 Å². The Morgan fingerprint density at radius 2 is 2.50 bits per heavy atom. The summed E-state index contributed by atoms with van der Waals surface area (Å²) in [7, 11) is 0. The summed E-state index contributed by atoms with van der Waals surface area (Å²) >= 11 is 4.77. The van der Waals surface area contributed by atoms with Crippen LogP contribution in [-0.4, -0.2) is 22.8 Å². The highest BCUT2D eigenvalue weighted by molar-refractivity contribution is 7.79. The standard InChI is InChI=1S/C10H11N2OS/c1-8(13)12-6-9(7-14)10-4-2-3-5-11-10/h2-5,9H,6H2,1H3,(H,12,13). The summed E-state index contributed by atoms with van der Waals surface area (Å²) in [6.07, 6.45) is 1.70. The minimum absolute atomic E-state index is 0.0730. The molecule has 0 aliphatic heterocycles. The second kappa shape index (κ2) is 5.44. The van der Waals surface area contributed by atoms with Crippen LogP contribution < -0.4 is 5.32 Å². The highest BCUT2D eigenvalue weighted by Crippen LogP contribution is 2.08. The van der Waals surface area contributed by atoms with Gasteiger partial charge in [-0.05, 0) is 12.1 Å². The average Bonchev–Trinajstić information content (AvgIpc) is 2.20. The fourth-order valence-electron chi connectivity index (χ4n) is 1.03. The number of rotatable bonds is 4. The topological polar surface area (TPSA) is 42.0 Å². The fourth-order valence-corrected chi connectivity index (χ4v) is 1.24. The molecule has 1 radical (unpaired) electrons. The van der Waals surface area contributed by atoms with Gasteiger partial charge in [0.1, 0.15) is 0 Å². The van der Waals surface area contributed by atoms with Crippen LogP contribution in [0.3, 0.4) is 0 Å². The lowest BCUT2D eigenvalue weighted by atomic mass is 10.1. The molecular weight excluding hydrogens is 196 g/mol. The Balaban J connectivity index is 2.63. The van der Waals surface area contributed by atoms with Crippen molar-refractivity contribution in [1.82, 2.24) is 10.3 Å². The van der Waals surface area contributed by atoms with Gasteiger partial charge in [-0.25, -0.2) is 0 Å². The molecule has 1 heterocycles. The quantitative estimate of drug-likeness (QED) is 0.754. The lowest BCUT2D eigenvalue weighted by Gasteiger charge is -2.10. The molecule has 4 heteroatoms. The second-order valence-corrected chi connectivity index (χ2v) is 3.10. The third-order valence-electron chi connectivity index (χ3n) is 1.74. The molecule has 1 amide bonds. The number of hydrogen-bond donors (Lipinski definition) is 1. The summed E-state index contributed by atoms with van der Waals surface area (Å²) < 4.78 is 0. The molecule has 0 saturated carbocycles. The summed E-state index contributed by atoms with van der Waals surface area (Å²) in [6, 6.07) is 5.59. The van der Waals surface area contributed by atoms with E-state index < -0.39 is 0 Å². The highest BCUT2D eigenvalue weighted by Gasteiger charge is 2.09. The van der Waals surface area contributed by atoms with Crippen molar-refractivity contribution in [3.63, 3.8) is 0 Å². The number of nitrogens with one attached hydrogen (secondary N) is 1. The zero-order valence-corrected chi connectivity index (χ0v) is 8.67. The average molecular weight is 207 g/mol. The summed E-state index contributed by atoms with van der Waals surface area (Å²) in [4.78, 5) is 14.8. The maximum atomic E-state index is 10.7. The molecule has 1 aromatic heterocycles. The van der Waals surface area contributed by atoms with E-state index in [0.29, 0.717) is 6.54 Å². The molecule has 0 aliphatic rings. The number of carbonyl (C=O) groups excluding carboxylic acids is 1. The molecule has 0 spiro atoms. The van der Waals surface area contributed by atoms with Gasteiger partial charge in [0, 0.05) is 25.0 Å². The first-order valence-corrected chi connectivity index (χ1v) is 4.68. The van der Waals surface area contributed by atoms with Crippen molar-refractivity contribution < 1.29 is 4.79 Å². The number of pyridine rings is 1. The number of carbonyl (C=O) groups is 1. The molecule has 3 nitrogen and oxygen atoms in total. The molecule has 1 atom stereocenters. The number of aromatic nitrogens is 1. The van der Waals surface area contributed by atoms with Crippen molar-refractivity contribution in [3.8, 4) is 0 Å². The van der Waals surface area contributed by atoms with Gasteiger partial charge in [-0.1, -0.05) is 18.3 Å². The number of hydrogen-bond acceptors (Lipinski definition) is 3. The summed E-state index contributed by atoms with van der Waals surface area (Å²) in [6.45, 7) is 1.93. The SMILES string of the molecule is CC(=O)NCC([C]=S)c1ccccn1. The zero-order chi connectivity index (χ0) is 10.4. The zero-order valence-electron chi connectivity index (χ0n) is 7.86. The Morgan fingerprint density at radius 3 is 3.00 bits per heavy atom. The fraction of sp³-hybridized carbons (Fsp3) is 0.300. The predicted octanol–water partition coefficient (Wildman–Crippen LogP) is 1.18. The third-order valence-corrected chi connectivity index (χ3v) is 2.03. The minimum Gasteiger partial charge on any atom is -0.355 e. The van der Waals surface area contributed by atoms with E-state index in [1.54, 1.807) is 6.20 Å². The normalized spacial score (nSPS) is 11.8. The summed E-state index contributed by atoms with van der Waals surface area (Å²) in [5.41, 5.74) is 0.830. The van der Waals surface area contributed by atoms with Crippen molar-refractivity contribution in [2.75, 3.05) is 6.54 Å². The molecule has 0 fully saturated rings. The van der Waals surface area contributed by atoms with E-state index in [0.717, 1.165) is 5.69 Å². The Kier molecular flexibility index (Phi) is 4.19. The van der Waals surface area contributed by atoms with Crippen molar-refractivity contribution >= 4 is 23.5 Å².